The highest BCUT2D eigenvalue weighted by Gasteiger charge is 2.32. The summed E-state index contributed by atoms with van der Waals surface area (Å²) in [7, 11) is 1.54. The fourth-order valence-corrected chi connectivity index (χ4v) is 4.20. The maximum atomic E-state index is 12.0. The topological polar surface area (TPSA) is 104 Å². The number of ether oxygens (including phenoxy) is 2. The largest absolute Gasteiger partial charge is 0.493 e. The van der Waals surface area contributed by atoms with Crippen molar-refractivity contribution in [1.29, 1.82) is 0 Å². The van der Waals surface area contributed by atoms with Crippen LogP contribution in [0.3, 0.4) is 0 Å². The zero-order chi connectivity index (χ0) is 24.9. The van der Waals surface area contributed by atoms with Crippen LogP contribution in [0.5, 0.6) is 11.5 Å². The summed E-state index contributed by atoms with van der Waals surface area (Å²) in [6.07, 6.45) is 8.09. The molecular formula is C27H30N6O3. The number of nitrogens with zero attached hydrogens (tertiary/aromatic N) is 5. The van der Waals surface area contributed by atoms with Gasteiger partial charge >= 0.3 is 5.97 Å². The molecule has 5 rings (SSSR count). The van der Waals surface area contributed by atoms with Gasteiger partial charge in [0.25, 0.3) is 5.95 Å². The van der Waals surface area contributed by atoms with Crippen LogP contribution in [0.2, 0.25) is 0 Å². The molecule has 9 nitrogen and oxygen atoms in total. The molecule has 2 aromatic carbocycles. The molecule has 2 aromatic heterocycles. The van der Waals surface area contributed by atoms with Crippen molar-refractivity contribution in [3.8, 4) is 11.5 Å². The average molecular weight is 487 g/mol. The number of hydrogen-bond acceptors (Lipinski definition) is 8. The van der Waals surface area contributed by atoms with Gasteiger partial charge in [0.05, 0.1) is 24.8 Å². The Kier molecular flexibility index (Phi) is 7.06. The first-order chi connectivity index (χ1) is 17.7. The van der Waals surface area contributed by atoms with Gasteiger partial charge in [-0.15, -0.1) is 10.2 Å². The lowest BCUT2D eigenvalue weighted by atomic mass is 10.2. The Bertz CT molecular complexity index is 1410. The second-order valence-electron chi connectivity index (χ2n) is 9.01. The number of methoxy groups -OCH3 is 1. The number of para-hydroxylation sites is 1. The molecule has 186 valence electrons. The summed E-state index contributed by atoms with van der Waals surface area (Å²) in [5, 5.41) is 14.0. The number of hydrogen-bond donors (Lipinski definition) is 1. The van der Waals surface area contributed by atoms with E-state index in [-0.39, 0.29) is 11.9 Å². The first kappa shape index (κ1) is 23.7. The van der Waals surface area contributed by atoms with Gasteiger partial charge in [-0.3, -0.25) is 4.79 Å². The molecule has 0 aliphatic heterocycles. The Hall–Kier alpha value is -4.01. The minimum atomic E-state index is -0.209. The van der Waals surface area contributed by atoms with Gasteiger partial charge in [0.2, 0.25) is 0 Å². The number of aryl methyl sites for hydroxylation is 1. The Morgan fingerprint density at radius 3 is 2.81 bits per heavy atom. The molecular weight excluding hydrogens is 456 g/mol. The van der Waals surface area contributed by atoms with Crippen molar-refractivity contribution < 1.29 is 14.3 Å². The summed E-state index contributed by atoms with van der Waals surface area (Å²) in [5.74, 6) is 1.00. The molecule has 0 amide bonds. The SMILES string of the molecule is CCCCCCn1c2ccccc2c2nnc(N/N=C/c3ccc(OC(=O)C4CC4)c(OC)c3)nc21. The third-order valence-corrected chi connectivity index (χ3v) is 6.30. The molecule has 1 aliphatic rings. The van der Waals surface area contributed by atoms with E-state index in [1.165, 1.54) is 19.3 Å². The van der Waals surface area contributed by atoms with Gasteiger partial charge in [0, 0.05) is 11.9 Å². The van der Waals surface area contributed by atoms with Gasteiger partial charge < -0.3 is 14.0 Å². The van der Waals surface area contributed by atoms with E-state index in [9.17, 15) is 4.79 Å². The number of nitrogens with one attached hydrogen (secondary N) is 1. The summed E-state index contributed by atoms with van der Waals surface area (Å²) in [6.45, 7) is 3.09. The van der Waals surface area contributed by atoms with Crippen molar-refractivity contribution >= 4 is 40.2 Å². The van der Waals surface area contributed by atoms with Crippen molar-refractivity contribution in [2.24, 2.45) is 11.0 Å². The molecule has 0 bridgehead atoms. The third-order valence-electron chi connectivity index (χ3n) is 6.30. The van der Waals surface area contributed by atoms with Crippen LogP contribution in [0.25, 0.3) is 22.1 Å². The van der Waals surface area contributed by atoms with E-state index in [2.05, 4.69) is 44.3 Å². The Labute approximate surface area is 209 Å². The predicted octanol–water partition coefficient (Wildman–Crippen LogP) is 5.33. The number of carbonyl (C=O) groups is 1. The number of carbonyl (C=O) groups excluding carboxylic acids is 1. The first-order valence-electron chi connectivity index (χ1n) is 12.5. The zero-order valence-corrected chi connectivity index (χ0v) is 20.6. The monoisotopic (exact) mass is 486 g/mol. The second-order valence-corrected chi connectivity index (χ2v) is 9.01. The minimum absolute atomic E-state index is 0.0149. The van der Waals surface area contributed by atoms with Crippen molar-refractivity contribution in [2.75, 3.05) is 12.5 Å². The molecule has 36 heavy (non-hydrogen) atoms. The molecule has 0 unspecified atom stereocenters. The highest BCUT2D eigenvalue weighted by atomic mass is 16.6. The van der Waals surface area contributed by atoms with Gasteiger partial charge in [0.15, 0.2) is 17.1 Å². The number of benzene rings is 2. The summed E-state index contributed by atoms with van der Waals surface area (Å²) < 4.78 is 13.1. The minimum Gasteiger partial charge on any atom is -0.493 e. The summed E-state index contributed by atoms with van der Waals surface area (Å²) in [4.78, 5) is 16.7. The van der Waals surface area contributed by atoms with Crippen molar-refractivity contribution in [3.63, 3.8) is 0 Å². The van der Waals surface area contributed by atoms with E-state index in [1.54, 1.807) is 31.5 Å². The van der Waals surface area contributed by atoms with Gasteiger partial charge in [0.1, 0.15) is 5.52 Å². The van der Waals surface area contributed by atoms with Crippen molar-refractivity contribution in [1.82, 2.24) is 19.7 Å². The van der Waals surface area contributed by atoms with Crippen molar-refractivity contribution in [2.45, 2.75) is 52.0 Å². The molecule has 1 fully saturated rings. The lowest BCUT2D eigenvalue weighted by molar-refractivity contribution is -0.135. The molecule has 1 N–H and O–H groups in total. The van der Waals surface area contributed by atoms with Crippen molar-refractivity contribution in [3.05, 3.63) is 48.0 Å². The fourth-order valence-electron chi connectivity index (χ4n) is 4.20. The molecule has 1 aliphatic carbocycles. The zero-order valence-electron chi connectivity index (χ0n) is 20.6. The maximum Gasteiger partial charge on any atom is 0.314 e. The van der Waals surface area contributed by atoms with Crippen LogP contribution in [0.15, 0.2) is 47.6 Å². The predicted molar refractivity (Wildman–Crippen MR) is 140 cm³/mol. The first-order valence-corrected chi connectivity index (χ1v) is 12.5. The van der Waals surface area contributed by atoms with Gasteiger partial charge in [-0.25, -0.2) is 5.43 Å². The lowest BCUT2D eigenvalue weighted by Crippen LogP contribution is -2.10. The molecule has 0 saturated heterocycles. The Balaban J connectivity index is 1.33. The molecule has 1 saturated carbocycles. The number of esters is 1. The normalized spacial score (nSPS) is 13.5. The van der Waals surface area contributed by atoms with E-state index >= 15 is 0 Å². The number of rotatable bonds is 11. The molecule has 4 aromatic rings. The summed E-state index contributed by atoms with van der Waals surface area (Å²) >= 11 is 0. The third kappa shape index (κ3) is 5.15. The van der Waals surface area contributed by atoms with Gasteiger partial charge in [-0.2, -0.15) is 10.1 Å². The summed E-state index contributed by atoms with van der Waals surface area (Å²) in [5.41, 5.74) is 6.35. The molecule has 9 heteroatoms. The number of anilines is 1. The van der Waals surface area contributed by atoms with Crippen LogP contribution in [-0.2, 0) is 11.3 Å². The number of hydrazone groups is 1. The van der Waals surface area contributed by atoms with E-state index < -0.39 is 0 Å². The van der Waals surface area contributed by atoms with E-state index in [1.807, 2.05) is 12.1 Å². The highest BCUT2D eigenvalue weighted by molar-refractivity contribution is 6.04. The van der Waals surface area contributed by atoms with Crippen LogP contribution >= 0.6 is 0 Å². The maximum absolute atomic E-state index is 12.0. The number of fused-ring (bicyclic) bond motifs is 3. The van der Waals surface area contributed by atoms with Gasteiger partial charge in [-0.05, 0) is 49.1 Å². The molecule has 0 spiro atoms. The smallest absolute Gasteiger partial charge is 0.314 e. The Morgan fingerprint density at radius 1 is 1.14 bits per heavy atom. The average Bonchev–Trinajstić information content (AvgIpc) is 3.71. The van der Waals surface area contributed by atoms with Crippen LogP contribution in [0.1, 0.15) is 51.0 Å². The van der Waals surface area contributed by atoms with Gasteiger partial charge in [-0.1, -0.05) is 44.4 Å². The van der Waals surface area contributed by atoms with E-state index in [0.717, 1.165) is 53.4 Å². The Morgan fingerprint density at radius 2 is 2.00 bits per heavy atom. The molecule has 0 radical (unpaired) electrons. The summed E-state index contributed by atoms with van der Waals surface area (Å²) in [6, 6.07) is 13.5. The molecule has 0 atom stereocenters. The van der Waals surface area contributed by atoms with Crippen LogP contribution in [0, 0.1) is 5.92 Å². The van der Waals surface area contributed by atoms with E-state index in [4.69, 9.17) is 14.5 Å². The number of unbranched alkanes of at least 4 members (excludes halogenated alkanes) is 3. The van der Waals surface area contributed by atoms with E-state index in [0.29, 0.717) is 17.4 Å². The van der Waals surface area contributed by atoms with Crippen LogP contribution < -0.4 is 14.9 Å². The number of aromatic nitrogens is 4. The van der Waals surface area contributed by atoms with Crippen LogP contribution in [-0.4, -0.2) is 39.0 Å². The lowest BCUT2D eigenvalue weighted by Gasteiger charge is -2.09. The standard InChI is InChI=1S/C27H30N6O3/c1-3-4-5-8-15-33-21-10-7-6-9-20(21)24-25(33)29-27(32-30-24)31-28-17-18-11-14-22(23(16-18)35-2)36-26(34)19-12-13-19/h6-7,9-11,14,16-17,19H,3-5,8,12-13,15H2,1-2H3,(H,29,31,32)/b28-17+. The quantitative estimate of drug-likeness (QED) is 0.100. The highest BCUT2D eigenvalue weighted by Crippen LogP contribution is 2.34. The van der Waals surface area contributed by atoms with Crippen LogP contribution in [0.4, 0.5) is 5.95 Å². The second kappa shape index (κ2) is 10.7. The molecule has 2 heterocycles. The fraction of sp³-hybridized carbons (Fsp3) is 0.370.